The first kappa shape index (κ1) is 13.8. The molecule has 1 N–H and O–H groups in total. The predicted octanol–water partition coefficient (Wildman–Crippen LogP) is 0.641. The molecule has 0 saturated carbocycles. The number of aliphatic carboxylic acids is 1. The van der Waals surface area contributed by atoms with Crippen molar-refractivity contribution in [2.24, 2.45) is 0 Å². The zero-order chi connectivity index (χ0) is 13.1. The maximum Gasteiger partial charge on any atom is 0.471 e. The van der Waals surface area contributed by atoms with E-state index in [1.165, 1.54) is 0 Å². The molecule has 1 saturated heterocycles. The molecule has 0 atom stereocenters. The Kier molecular flexibility index (Phi) is 4.33. The molecule has 1 heterocycles. The summed E-state index contributed by atoms with van der Waals surface area (Å²) in [7, 11) is 0. The molecule has 0 aliphatic carbocycles. The van der Waals surface area contributed by atoms with E-state index in [9.17, 15) is 22.8 Å². The molecule has 1 amide bonds. The lowest BCUT2D eigenvalue weighted by Crippen LogP contribution is -2.46. The van der Waals surface area contributed by atoms with Gasteiger partial charge in [0.25, 0.3) is 0 Å². The van der Waals surface area contributed by atoms with Crippen molar-refractivity contribution in [2.45, 2.75) is 25.1 Å². The molecule has 1 aliphatic heterocycles. The summed E-state index contributed by atoms with van der Waals surface area (Å²) in [5.41, 5.74) is 0. The number of carboxylic acid groups (broad SMARTS) is 1. The van der Waals surface area contributed by atoms with Crippen LogP contribution in [0.3, 0.4) is 0 Å². The number of hydrogen-bond donors (Lipinski definition) is 1. The lowest BCUT2D eigenvalue weighted by atomic mass is 10.1. The Morgan fingerprint density at radius 2 is 1.82 bits per heavy atom. The van der Waals surface area contributed by atoms with Crippen LogP contribution in [0.1, 0.15) is 12.8 Å². The zero-order valence-corrected chi connectivity index (χ0v) is 8.87. The molecule has 1 aliphatic rings. The molecular weight excluding hydrogens is 243 g/mol. The molecule has 17 heavy (non-hydrogen) atoms. The number of carbonyl (C=O) groups is 2. The monoisotopic (exact) mass is 255 g/mol. The summed E-state index contributed by atoms with van der Waals surface area (Å²) in [6.07, 6.45) is -4.82. The van der Waals surface area contributed by atoms with Crippen molar-refractivity contribution in [1.82, 2.24) is 4.90 Å². The van der Waals surface area contributed by atoms with Gasteiger partial charge in [-0.25, -0.2) is 4.79 Å². The molecule has 1 rings (SSSR count). The fraction of sp³-hybridized carbons (Fsp3) is 0.778. The normalized spacial score (nSPS) is 18.2. The van der Waals surface area contributed by atoms with Gasteiger partial charge < -0.3 is 14.7 Å². The first-order valence-corrected chi connectivity index (χ1v) is 5.00. The fourth-order valence-electron chi connectivity index (χ4n) is 1.59. The minimum Gasteiger partial charge on any atom is -0.480 e. The average Bonchev–Trinajstić information content (AvgIpc) is 2.25. The number of likely N-dealkylation sites (tertiary alicyclic amines) is 1. The first-order valence-electron chi connectivity index (χ1n) is 5.00. The Bertz CT molecular complexity index is 297. The van der Waals surface area contributed by atoms with E-state index in [1.54, 1.807) is 0 Å². The molecule has 0 radical (unpaired) electrons. The number of carboxylic acids is 1. The van der Waals surface area contributed by atoms with Gasteiger partial charge in [-0.2, -0.15) is 13.2 Å². The summed E-state index contributed by atoms with van der Waals surface area (Å²) in [5, 5.41) is 8.35. The van der Waals surface area contributed by atoms with Crippen molar-refractivity contribution in [3.8, 4) is 0 Å². The third-order valence-corrected chi connectivity index (χ3v) is 2.41. The molecule has 0 aromatic rings. The maximum atomic E-state index is 12.1. The summed E-state index contributed by atoms with van der Waals surface area (Å²) in [4.78, 5) is 21.8. The Balaban J connectivity index is 2.36. The molecule has 8 heteroatoms. The summed E-state index contributed by atoms with van der Waals surface area (Å²) in [6.45, 7) is -0.608. The van der Waals surface area contributed by atoms with Crippen LogP contribution >= 0.6 is 0 Å². The van der Waals surface area contributed by atoms with Gasteiger partial charge in [0.05, 0.1) is 6.10 Å². The van der Waals surface area contributed by atoms with Crippen LogP contribution in [0.25, 0.3) is 0 Å². The second-order valence-corrected chi connectivity index (χ2v) is 3.69. The van der Waals surface area contributed by atoms with Gasteiger partial charge in [0.1, 0.15) is 6.61 Å². The highest BCUT2D eigenvalue weighted by Gasteiger charge is 2.43. The second-order valence-electron chi connectivity index (χ2n) is 3.69. The number of alkyl halides is 3. The maximum absolute atomic E-state index is 12.1. The molecular formula is C9H12F3NO4. The molecule has 1 fully saturated rings. The Labute approximate surface area is 95.1 Å². The molecule has 0 spiro atoms. The molecule has 0 aromatic heterocycles. The van der Waals surface area contributed by atoms with E-state index >= 15 is 0 Å². The summed E-state index contributed by atoms with van der Waals surface area (Å²) in [5.74, 6) is -2.98. The highest BCUT2D eigenvalue weighted by atomic mass is 19.4. The number of hydrogen-bond acceptors (Lipinski definition) is 3. The van der Waals surface area contributed by atoms with Gasteiger partial charge in [-0.05, 0) is 12.8 Å². The molecule has 0 bridgehead atoms. The summed E-state index contributed by atoms with van der Waals surface area (Å²) in [6, 6.07) is 0. The first-order chi connectivity index (χ1) is 7.80. The standard InChI is InChI=1S/C9H12F3NO4/c10-9(11,12)8(16)13-3-1-6(2-4-13)17-5-7(14)15/h6H,1-5H2,(H,14,15). The van der Waals surface area contributed by atoms with Gasteiger partial charge in [0.15, 0.2) is 0 Å². The minimum absolute atomic E-state index is 0.0668. The number of halogens is 3. The van der Waals surface area contributed by atoms with Crippen LogP contribution in [0, 0.1) is 0 Å². The smallest absolute Gasteiger partial charge is 0.471 e. The summed E-state index contributed by atoms with van der Waals surface area (Å²) < 4.78 is 41.2. The fourth-order valence-corrected chi connectivity index (χ4v) is 1.59. The number of piperidine rings is 1. The number of ether oxygens (including phenoxy) is 1. The van der Waals surface area contributed by atoms with Crippen LogP contribution in [-0.4, -0.2) is 53.9 Å². The van der Waals surface area contributed by atoms with Crippen molar-refractivity contribution < 1.29 is 32.6 Å². The average molecular weight is 255 g/mol. The highest BCUT2D eigenvalue weighted by Crippen LogP contribution is 2.22. The van der Waals surface area contributed by atoms with Crippen LogP contribution in [-0.2, 0) is 14.3 Å². The predicted molar refractivity (Wildman–Crippen MR) is 49.2 cm³/mol. The summed E-state index contributed by atoms with van der Waals surface area (Å²) >= 11 is 0. The van der Waals surface area contributed by atoms with E-state index in [4.69, 9.17) is 9.84 Å². The van der Waals surface area contributed by atoms with Crippen LogP contribution in [0.15, 0.2) is 0 Å². The minimum atomic E-state index is -4.85. The van der Waals surface area contributed by atoms with E-state index in [1.807, 2.05) is 0 Å². The van der Waals surface area contributed by atoms with Crippen LogP contribution < -0.4 is 0 Å². The number of rotatable bonds is 3. The van der Waals surface area contributed by atoms with Crippen molar-refractivity contribution in [3.63, 3.8) is 0 Å². The third kappa shape index (κ3) is 4.22. The Morgan fingerprint density at radius 1 is 1.29 bits per heavy atom. The Hall–Kier alpha value is -1.31. The van der Waals surface area contributed by atoms with E-state index in [2.05, 4.69) is 0 Å². The number of nitrogens with zero attached hydrogens (tertiary/aromatic N) is 1. The SMILES string of the molecule is O=C(O)COC1CCN(C(=O)C(F)(F)F)CC1. The van der Waals surface area contributed by atoms with E-state index in [-0.39, 0.29) is 25.9 Å². The largest absolute Gasteiger partial charge is 0.480 e. The van der Waals surface area contributed by atoms with Crippen LogP contribution in [0.2, 0.25) is 0 Å². The van der Waals surface area contributed by atoms with Gasteiger partial charge in [-0.3, -0.25) is 4.79 Å². The van der Waals surface area contributed by atoms with Crippen molar-refractivity contribution in [2.75, 3.05) is 19.7 Å². The van der Waals surface area contributed by atoms with Crippen LogP contribution in [0.5, 0.6) is 0 Å². The van der Waals surface area contributed by atoms with Gasteiger partial charge in [0.2, 0.25) is 0 Å². The van der Waals surface area contributed by atoms with Gasteiger partial charge in [-0.15, -0.1) is 0 Å². The highest BCUT2D eigenvalue weighted by molar-refractivity contribution is 5.81. The lowest BCUT2D eigenvalue weighted by Gasteiger charge is -2.31. The molecule has 0 unspecified atom stereocenters. The molecule has 0 aromatic carbocycles. The molecule has 98 valence electrons. The number of amides is 1. The lowest BCUT2D eigenvalue weighted by molar-refractivity contribution is -0.187. The van der Waals surface area contributed by atoms with E-state index in [0.29, 0.717) is 4.90 Å². The quantitative estimate of drug-likeness (QED) is 0.803. The van der Waals surface area contributed by atoms with Crippen molar-refractivity contribution in [1.29, 1.82) is 0 Å². The van der Waals surface area contributed by atoms with E-state index in [0.717, 1.165) is 0 Å². The Morgan fingerprint density at radius 3 is 2.24 bits per heavy atom. The van der Waals surface area contributed by atoms with Gasteiger partial charge in [-0.1, -0.05) is 0 Å². The van der Waals surface area contributed by atoms with Crippen molar-refractivity contribution >= 4 is 11.9 Å². The van der Waals surface area contributed by atoms with Gasteiger partial charge in [0, 0.05) is 13.1 Å². The van der Waals surface area contributed by atoms with Crippen LogP contribution in [0.4, 0.5) is 13.2 Å². The van der Waals surface area contributed by atoms with Gasteiger partial charge >= 0.3 is 18.1 Å². The molecule has 5 nitrogen and oxygen atoms in total. The topological polar surface area (TPSA) is 66.8 Å². The number of carbonyl (C=O) groups excluding carboxylic acids is 1. The van der Waals surface area contributed by atoms with E-state index < -0.39 is 30.8 Å². The third-order valence-electron chi connectivity index (χ3n) is 2.41. The second kappa shape index (κ2) is 5.35. The van der Waals surface area contributed by atoms with Crippen molar-refractivity contribution in [3.05, 3.63) is 0 Å². The zero-order valence-electron chi connectivity index (χ0n) is 8.87.